The van der Waals surface area contributed by atoms with Gasteiger partial charge < -0.3 is 15.5 Å². The highest BCUT2D eigenvalue weighted by Gasteiger charge is 2.22. The van der Waals surface area contributed by atoms with Gasteiger partial charge in [-0.15, -0.1) is 0 Å². The third kappa shape index (κ3) is 4.82. The maximum Gasteiger partial charge on any atom is 0.319 e. The van der Waals surface area contributed by atoms with Gasteiger partial charge in [0, 0.05) is 43.6 Å². The number of likely N-dealkylation sites (tertiary alicyclic amines) is 1. The molecule has 3 rings (SSSR count). The molecule has 25 heavy (non-hydrogen) atoms. The van der Waals surface area contributed by atoms with Crippen LogP contribution in [0.4, 0.5) is 10.5 Å². The Morgan fingerprint density at radius 2 is 2.12 bits per heavy atom. The molecule has 1 aliphatic heterocycles. The van der Waals surface area contributed by atoms with Crippen molar-refractivity contribution in [2.75, 3.05) is 18.4 Å². The van der Waals surface area contributed by atoms with Crippen molar-refractivity contribution in [1.29, 1.82) is 0 Å². The fraction of sp³-hybridized carbons (Fsp3) is 0.389. The lowest BCUT2D eigenvalue weighted by Gasteiger charge is -2.21. The van der Waals surface area contributed by atoms with Crippen LogP contribution in [0.25, 0.3) is 0 Å². The van der Waals surface area contributed by atoms with Gasteiger partial charge in [-0.2, -0.15) is 5.10 Å². The number of nitrogens with one attached hydrogen (secondary N) is 2. The molecule has 0 saturated carbocycles. The number of rotatable bonds is 6. The molecular formula is C18H23N5O2. The largest absolute Gasteiger partial charge is 0.341 e. The van der Waals surface area contributed by atoms with Gasteiger partial charge in [0.2, 0.25) is 5.91 Å². The number of aromatic nitrogens is 2. The summed E-state index contributed by atoms with van der Waals surface area (Å²) in [6.45, 7) is 3.93. The monoisotopic (exact) mass is 341 g/mol. The van der Waals surface area contributed by atoms with Gasteiger partial charge in [0.05, 0.1) is 6.54 Å². The van der Waals surface area contributed by atoms with Gasteiger partial charge in [-0.05, 0) is 37.1 Å². The zero-order valence-corrected chi connectivity index (χ0v) is 14.3. The first kappa shape index (κ1) is 17.0. The Morgan fingerprint density at radius 3 is 2.76 bits per heavy atom. The molecule has 7 nitrogen and oxygen atoms in total. The number of nitrogens with zero attached hydrogens (tertiary/aromatic N) is 3. The Balaban J connectivity index is 1.46. The van der Waals surface area contributed by atoms with Gasteiger partial charge in [0.15, 0.2) is 0 Å². The SMILES string of the molecule is CC(CN1CCCC1=O)NC(=O)Nc1ccc(Cn2cccn2)cc1. The summed E-state index contributed by atoms with van der Waals surface area (Å²) in [6, 6.07) is 9.19. The first-order chi connectivity index (χ1) is 12.1. The zero-order chi connectivity index (χ0) is 17.6. The van der Waals surface area contributed by atoms with Crippen LogP contribution in [0, 0.1) is 0 Å². The topological polar surface area (TPSA) is 79.3 Å². The van der Waals surface area contributed by atoms with Crippen LogP contribution in [0.3, 0.4) is 0 Å². The molecular weight excluding hydrogens is 318 g/mol. The maximum absolute atomic E-state index is 12.1. The molecule has 2 heterocycles. The van der Waals surface area contributed by atoms with E-state index in [4.69, 9.17) is 0 Å². The van der Waals surface area contributed by atoms with E-state index in [9.17, 15) is 9.59 Å². The second-order valence-electron chi connectivity index (χ2n) is 6.34. The Hall–Kier alpha value is -2.83. The predicted molar refractivity (Wildman–Crippen MR) is 95.2 cm³/mol. The summed E-state index contributed by atoms with van der Waals surface area (Å²) in [6.07, 6.45) is 5.18. The number of amides is 3. The minimum atomic E-state index is -0.265. The van der Waals surface area contributed by atoms with Crippen molar-refractivity contribution in [3.8, 4) is 0 Å². The molecule has 0 aliphatic carbocycles. The molecule has 1 fully saturated rings. The van der Waals surface area contributed by atoms with E-state index < -0.39 is 0 Å². The number of hydrogen-bond donors (Lipinski definition) is 2. The van der Waals surface area contributed by atoms with Crippen molar-refractivity contribution in [3.05, 3.63) is 48.3 Å². The summed E-state index contributed by atoms with van der Waals surface area (Å²) < 4.78 is 1.84. The predicted octanol–water partition coefficient (Wildman–Crippen LogP) is 2.06. The standard InChI is InChI=1S/C18H23N5O2/c1-14(12-22-10-2-4-17(22)24)20-18(25)21-16-7-5-15(6-8-16)13-23-11-3-9-19-23/h3,5-9,11,14H,2,4,10,12-13H2,1H3,(H2,20,21,25). The second-order valence-corrected chi connectivity index (χ2v) is 6.34. The molecule has 1 unspecified atom stereocenters. The highest BCUT2D eigenvalue weighted by atomic mass is 16.2. The third-order valence-electron chi connectivity index (χ3n) is 4.16. The van der Waals surface area contributed by atoms with Gasteiger partial charge in [-0.3, -0.25) is 9.48 Å². The summed E-state index contributed by atoms with van der Waals surface area (Å²) in [5.41, 5.74) is 1.83. The number of benzene rings is 1. The van der Waals surface area contributed by atoms with Crippen LogP contribution in [-0.2, 0) is 11.3 Å². The molecule has 1 aliphatic rings. The van der Waals surface area contributed by atoms with E-state index in [1.54, 1.807) is 11.1 Å². The fourth-order valence-corrected chi connectivity index (χ4v) is 2.94. The molecule has 1 aromatic heterocycles. The quantitative estimate of drug-likeness (QED) is 0.844. The van der Waals surface area contributed by atoms with Crippen LogP contribution in [0.2, 0.25) is 0 Å². The van der Waals surface area contributed by atoms with E-state index in [0.717, 1.165) is 24.2 Å². The summed E-state index contributed by atoms with van der Waals surface area (Å²) in [4.78, 5) is 25.5. The van der Waals surface area contributed by atoms with E-state index in [2.05, 4.69) is 15.7 Å². The van der Waals surface area contributed by atoms with E-state index in [0.29, 0.717) is 19.5 Å². The Bertz CT molecular complexity index is 712. The summed E-state index contributed by atoms with van der Waals surface area (Å²) >= 11 is 0. The fourth-order valence-electron chi connectivity index (χ4n) is 2.94. The molecule has 1 atom stereocenters. The lowest BCUT2D eigenvalue weighted by Crippen LogP contribution is -2.44. The van der Waals surface area contributed by atoms with Crippen LogP contribution in [0.15, 0.2) is 42.7 Å². The lowest BCUT2D eigenvalue weighted by molar-refractivity contribution is -0.127. The number of carbonyl (C=O) groups is 2. The van der Waals surface area contributed by atoms with Gasteiger partial charge in [0.25, 0.3) is 0 Å². The summed E-state index contributed by atoms with van der Waals surface area (Å²) in [5.74, 6) is 0.168. The molecule has 132 valence electrons. The van der Waals surface area contributed by atoms with E-state index in [1.165, 1.54) is 0 Å². The number of urea groups is 1. The average Bonchev–Trinajstić information content (AvgIpc) is 3.22. The van der Waals surface area contributed by atoms with Crippen molar-refractivity contribution < 1.29 is 9.59 Å². The third-order valence-corrected chi connectivity index (χ3v) is 4.16. The number of anilines is 1. The number of carbonyl (C=O) groups excluding carboxylic acids is 2. The summed E-state index contributed by atoms with van der Waals surface area (Å²) in [5, 5.41) is 9.86. The maximum atomic E-state index is 12.1. The molecule has 2 N–H and O–H groups in total. The highest BCUT2D eigenvalue weighted by molar-refractivity contribution is 5.89. The lowest BCUT2D eigenvalue weighted by atomic mass is 10.2. The normalized spacial score (nSPS) is 15.2. The van der Waals surface area contributed by atoms with Crippen LogP contribution < -0.4 is 10.6 Å². The molecule has 1 saturated heterocycles. The zero-order valence-electron chi connectivity index (χ0n) is 14.3. The Labute approximate surface area is 147 Å². The first-order valence-corrected chi connectivity index (χ1v) is 8.52. The highest BCUT2D eigenvalue weighted by Crippen LogP contribution is 2.12. The van der Waals surface area contributed by atoms with Crippen LogP contribution in [-0.4, -0.2) is 45.8 Å². The first-order valence-electron chi connectivity index (χ1n) is 8.52. The van der Waals surface area contributed by atoms with Crippen molar-refractivity contribution in [2.45, 2.75) is 32.4 Å². The molecule has 0 radical (unpaired) electrons. The van der Waals surface area contributed by atoms with Crippen molar-refractivity contribution in [2.24, 2.45) is 0 Å². The van der Waals surface area contributed by atoms with E-state index >= 15 is 0 Å². The minimum absolute atomic E-state index is 0.0962. The van der Waals surface area contributed by atoms with Gasteiger partial charge in [-0.25, -0.2) is 4.79 Å². The second kappa shape index (κ2) is 7.83. The number of hydrogen-bond acceptors (Lipinski definition) is 3. The molecule has 1 aromatic carbocycles. The van der Waals surface area contributed by atoms with Crippen molar-refractivity contribution >= 4 is 17.6 Å². The van der Waals surface area contributed by atoms with Gasteiger partial charge >= 0.3 is 6.03 Å². The average molecular weight is 341 g/mol. The van der Waals surface area contributed by atoms with E-state index in [-0.39, 0.29) is 18.0 Å². The van der Waals surface area contributed by atoms with Crippen LogP contribution in [0.1, 0.15) is 25.3 Å². The van der Waals surface area contributed by atoms with Crippen LogP contribution >= 0.6 is 0 Å². The minimum Gasteiger partial charge on any atom is -0.341 e. The van der Waals surface area contributed by atoms with Crippen LogP contribution in [0.5, 0.6) is 0 Å². The van der Waals surface area contributed by atoms with E-state index in [1.807, 2.05) is 48.1 Å². The molecule has 0 bridgehead atoms. The van der Waals surface area contributed by atoms with Crippen molar-refractivity contribution in [1.82, 2.24) is 20.0 Å². The Kier molecular flexibility index (Phi) is 5.33. The molecule has 0 spiro atoms. The smallest absolute Gasteiger partial charge is 0.319 e. The molecule has 3 amide bonds. The van der Waals surface area contributed by atoms with Gasteiger partial charge in [0.1, 0.15) is 0 Å². The summed E-state index contributed by atoms with van der Waals surface area (Å²) in [7, 11) is 0. The molecule has 2 aromatic rings. The van der Waals surface area contributed by atoms with Crippen molar-refractivity contribution in [3.63, 3.8) is 0 Å². The molecule has 7 heteroatoms. The Morgan fingerprint density at radius 1 is 1.32 bits per heavy atom. The van der Waals surface area contributed by atoms with Gasteiger partial charge in [-0.1, -0.05) is 12.1 Å².